The fourth-order valence-electron chi connectivity index (χ4n) is 2.03. The van der Waals surface area contributed by atoms with Crippen molar-refractivity contribution in [2.75, 3.05) is 13.7 Å². The van der Waals surface area contributed by atoms with E-state index in [-0.39, 0.29) is 0 Å². The molecule has 1 atom stereocenters. The van der Waals surface area contributed by atoms with E-state index in [1.165, 1.54) is 0 Å². The lowest BCUT2D eigenvalue weighted by molar-refractivity contribution is 0.0566. The Bertz CT molecular complexity index is 564. The zero-order valence-electron chi connectivity index (χ0n) is 12.1. The topological polar surface area (TPSA) is 59.3 Å². The number of ether oxygens (including phenoxy) is 1. The van der Waals surface area contributed by atoms with Crippen LogP contribution in [-0.2, 0) is 19.2 Å². The highest BCUT2D eigenvalue weighted by Crippen LogP contribution is 2.19. The maximum atomic E-state index is 10.4. The Morgan fingerprint density at radius 3 is 2.90 bits per heavy atom. The summed E-state index contributed by atoms with van der Waals surface area (Å²) in [7, 11) is 3.49. The van der Waals surface area contributed by atoms with Crippen molar-refractivity contribution in [3.05, 3.63) is 47.8 Å². The molecule has 0 spiro atoms. The molecule has 0 aliphatic heterocycles. The van der Waals surface area contributed by atoms with Gasteiger partial charge in [0.2, 0.25) is 0 Å². The van der Waals surface area contributed by atoms with Crippen molar-refractivity contribution in [2.24, 2.45) is 7.05 Å². The summed E-state index contributed by atoms with van der Waals surface area (Å²) in [5.41, 5.74) is 0.983. The highest BCUT2D eigenvalue weighted by atomic mass is 16.5. The SMILES string of the molecule is COc1cccc(CNCC(C)(O)c2cnn(C)c2)c1. The molecule has 2 aromatic rings. The molecule has 0 aliphatic rings. The Balaban J connectivity index is 1.91. The smallest absolute Gasteiger partial charge is 0.119 e. The van der Waals surface area contributed by atoms with Gasteiger partial charge in [0.1, 0.15) is 11.4 Å². The minimum Gasteiger partial charge on any atom is -0.497 e. The van der Waals surface area contributed by atoms with E-state index in [0.717, 1.165) is 16.9 Å². The van der Waals surface area contributed by atoms with Crippen LogP contribution >= 0.6 is 0 Å². The number of nitrogens with zero attached hydrogens (tertiary/aromatic N) is 2. The third kappa shape index (κ3) is 3.59. The van der Waals surface area contributed by atoms with Gasteiger partial charge in [-0.15, -0.1) is 0 Å². The van der Waals surface area contributed by atoms with Gasteiger partial charge in [-0.1, -0.05) is 12.1 Å². The normalized spacial score (nSPS) is 14.0. The first-order valence-electron chi connectivity index (χ1n) is 6.56. The van der Waals surface area contributed by atoms with Crippen molar-refractivity contribution in [1.29, 1.82) is 0 Å². The molecular weight excluding hydrogens is 254 g/mol. The van der Waals surface area contributed by atoms with Gasteiger partial charge in [0, 0.05) is 31.9 Å². The molecule has 2 N–H and O–H groups in total. The van der Waals surface area contributed by atoms with Crippen LogP contribution in [0.15, 0.2) is 36.7 Å². The third-order valence-corrected chi connectivity index (χ3v) is 3.26. The molecular formula is C15H21N3O2. The van der Waals surface area contributed by atoms with Gasteiger partial charge in [-0.25, -0.2) is 0 Å². The minimum absolute atomic E-state index is 0.454. The Morgan fingerprint density at radius 1 is 1.45 bits per heavy atom. The van der Waals surface area contributed by atoms with E-state index in [1.807, 2.05) is 37.5 Å². The van der Waals surface area contributed by atoms with Gasteiger partial charge in [0.25, 0.3) is 0 Å². The van der Waals surface area contributed by atoms with Crippen molar-refractivity contribution < 1.29 is 9.84 Å². The summed E-state index contributed by atoms with van der Waals surface area (Å²) < 4.78 is 6.87. The predicted molar refractivity (Wildman–Crippen MR) is 77.5 cm³/mol. The summed E-state index contributed by atoms with van der Waals surface area (Å²) >= 11 is 0. The van der Waals surface area contributed by atoms with Crippen LogP contribution in [0.25, 0.3) is 0 Å². The Morgan fingerprint density at radius 2 is 2.25 bits per heavy atom. The molecule has 0 amide bonds. The average molecular weight is 275 g/mol. The van der Waals surface area contributed by atoms with E-state index in [0.29, 0.717) is 13.1 Å². The van der Waals surface area contributed by atoms with E-state index in [4.69, 9.17) is 4.74 Å². The van der Waals surface area contributed by atoms with Crippen LogP contribution in [-0.4, -0.2) is 28.5 Å². The van der Waals surface area contributed by atoms with E-state index >= 15 is 0 Å². The summed E-state index contributed by atoms with van der Waals surface area (Å²) in [6.45, 7) is 2.91. The van der Waals surface area contributed by atoms with Gasteiger partial charge >= 0.3 is 0 Å². The lowest BCUT2D eigenvalue weighted by atomic mass is 9.99. The predicted octanol–water partition coefficient (Wildman–Crippen LogP) is 1.43. The lowest BCUT2D eigenvalue weighted by Gasteiger charge is -2.22. The molecule has 2 rings (SSSR count). The molecule has 1 unspecified atom stereocenters. The second-order valence-electron chi connectivity index (χ2n) is 5.13. The average Bonchev–Trinajstić information content (AvgIpc) is 2.86. The molecule has 5 nitrogen and oxygen atoms in total. The van der Waals surface area contributed by atoms with Crippen molar-refractivity contribution in [3.8, 4) is 5.75 Å². The van der Waals surface area contributed by atoms with Crippen molar-refractivity contribution in [3.63, 3.8) is 0 Å². The molecule has 1 heterocycles. The third-order valence-electron chi connectivity index (χ3n) is 3.26. The molecule has 0 bridgehead atoms. The molecule has 5 heteroatoms. The van der Waals surface area contributed by atoms with Gasteiger partial charge in [-0.2, -0.15) is 5.10 Å². The van der Waals surface area contributed by atoms with E-state index in [1.54, 1.807) is 24.9 Å². The minimum atomic E-state index is -0.937. The number of aliphatic hydroxyl groups is 1. The molecule has 108 valence electrons. The maximum absolute atomic E-state index is 10.4. The molecule has 0 aliphatic carbocycles. The molecule has 1 aromatic carbocycles. The molecule has 0 saturated heterocycles. The summed E-state index contributed by atoms with van der Waals surface area (Å²) in [4.78, 5) is 0. The largest absolute Gasteiger partial charge is 0.497 e. The summed E-state index contributed by atoms with van der Waals surface area (Å²) in [5, 5.41) is 17.8. The number of methoxy groups -OCH3 is 1. The number of nitrogens with one attached hydrogen (secondary N) is 1. The van der Waals surface area contributed by atoms with Crippen molar-refractivity contribution >= 4 is 0 Å². The molecule has 0 fully saturated rings. The number of aromatic nitrogens is 2. The van der Waals surface area contributed by atoms with Crippen molar-refractivity contribution in [2.45, 2.75) is 19.1 Å². The van der Waals surface area contributed by atoms with Crippen LogP contribution in [0.3, 0.4) is 0 Å². The number of aryl methyl sites for hydroxylation is 1. The molecule has 0 saturated carbocycles. The first-order valence-corrected chi connectivity index (χ1v) is 6.56. The molecule has 0 radical (unpaired) electrons. The highest BCUT2D eigenvalue weighted by Gasteiger charge is 2.24. The van der Waals surface area contributed by atoms with Gasteiger partial charge in [-0.3, -0.25) is 4.68 Å². The zero-order valence-corrected chi connectivity index (χ0v) is 12.1. The quantitative estimate of drug-likeness (QED) is 0.837. The van der Waals surface area contributed by atoms with Crippen LogP contribution in [0.1, 0.15) is 18.1 Å². The second kappa shape index (κ2) is 6.07. The molecule has 1 aromatic heterocycles. The summed E-state index contributed by atoms with van der Waals surface area (Å²) in [6, 6.07) is 7.87. The van der Waals surface area contributed by atoms with Gasteiger partial charge in [0.15, 0.2) is 0 Å². The van der Waals surface area contributed by atoms with Gasteiger partial charge in [0.05, 0.1) is 13.3 Å². The fourth-order valence-corrected chi connectivity index (χ4v) is 2.03. The van der Waals surface area contributed by atoms with Crippen LogP contribution in [0.2, 0.25) is 0 Å². The summed E-state index contributed by atoms with van der Waals surface area (Å²) in [5.74, 6) is 0.836. The van der Waals surface area contributed by atoms with Gasteiger partial charge < -0.3 is 15.2 Å². The van der Waals surface area contributed by atoms with Crippen LogP contribution in [0.5, 0.6) is 5.75 Å². The maximum Gasteiger partial charge on any atom is 0.119 e. The first kappa shape index (κ1) is 14.6. The number of hydrogen-bond acceptors (Lipinski definition) is 4. The standard InChI is InChI=1S/C15H21N3O2/c1-15(19,13-9-17-18(2)10-13)11-16-8-12-5-4-6-14(7-12)20-3/h4-7,9-10,16,19H,8,11H2,1-3H3. The Hall–Kier alpha value is -1.85. The van der Waals surface area contributed by atoms with E-state index in [9.17, 15) is 5.11 Å². The monoisotopic (exact) mass is 275 g/mol. The Labute approximate surface area is 119 Å². The van der Waals surface area contributed by atoms with Crippen molar-refractivity contribution in [1.82, 2.24) is 15.1 Å². The van der Waals surface area contributed by atoms with E-state index < -0.39 is 5.60 Å². The van der Waals surface area contributed by atoms with Gasteiger partial charge in [-0.05, 0) is 24.6 Å². The second-order valence-corrected chi connectivity index (χ2v) is 5.13. The van der Waals surface area contributed by atoms with Crippen LogP contribution in [0.4, 0.5) is 0 Å². The fraction of sp³-hybridized carbons (Fsp3) is 0.400. The zero-order chi connectivity index (χ0) is 14.6. The number of benzene rings is 1. The van der Waals surface area contributed by atoms with Crippen LogP contribution < -0.4 is 10.1 Å². The summed E-state index contributed by atoms with van der Waals surface area (Å²) in [6.07, 6.45) is 3.51. The van der Waals surface area contributed by atoms with E-state index in [2.05, 4.69) is 10.4 Å². The number of hydrogen-bond donors (Lipinski definition) is 2. The lowest BCUT2D eigenvalue weighted by Crippen LogP contribution is -2.34. The van der Waals surface area contributed by atoms with Crippen LogP contribution in [0, 0.1) is 0 Å². The highest BCUT2D eigenvalue weighted by molar-refractivity contribution is 5.28. The Kier molecular flexibility index (Phi) is 4.42. The first-order chi connectivity index (χ1) is 9.51. The molecule has 20 heavy (non-hydrogen) atoms. The number of rotatable bonds is 6.